The van der Waals surface area contributed by atoms with Crippen LogP contribution in [0.15, 0.2) is 65.7 Å². The number of hydrogen-bond donors (Lipinski definition) is 2. The van der Waals surface area contributed by atoms with Crippen molar-refractivity contribution in [2.45, 2.75) is 25.4 Å². The molecule has 0 aliphatic carbocycles. The number of nitrogens with one attached hydrogen (secondary N) is 2. The second-order valence-electron chi connectivity index (χ2n) is 6.25. The fraction of sp³-hybridized carbons (Fsp3) is 0.190. The molecule has 0 bridgehead atoms. The second kappa shape index (κ2) is 9.19. The molecule has 2 N–H and O–H groups in total. The fourth-order valence-electron chi connectivity index (χ4n) is 2.56. The first-order valence-corrected chi connectivity index (χ1v) is 9.70. The van der Waals surface area contributed by atoms with Crippen LogP contribution in [0.5, 0.6) is 0 Å². The van der Waals surface area contributed by atoms with E-state index in [-0.39, 0.29) is 5.91 Å². The van der Waals surface area contributed by atoms with Crippen molar-refractivity contribution < 1.29 is 4.79 Å². The van der Waals surface area contributed by atoms with Crippen molar-refractivity contribution in [3.63, 3.8) is 0 Å². The molecule has 1 amide bonds. The highest BCUT2D eigenvalue weighted by Gasteiger charge is 2.07. The molecule has 5 nitrogen and oxygen atoms in total. The number of anilines is 2. The Morgan fingerprint density at radius 3 is 2.52 bits per heavy atom. The van der Waals surface area contributed by atoms with Crippen molar-refractivity contribution in [2.75, 3.05) is 16.4 Å². The van der Waals surface area contributed by atoms with Gasteiger partial charge in [0.2, 0.25) is 5.91 Å². The monoisotopic (exact) mass is 378 g/mol. The predicted molar refractivity (Wildman–Crippen MR) is 111 cm³/mol. The van der Waals surface area contributed by atoms with Gasteiger partial charge in [-0.25, -0.2) is 0 Å². The maximum atomic E-state index is 12.2. The maximum absolute atomic E-state index is 12.2. The summed E-state index contributed by atoms with van der Waals surface area (Å²) >= 11 is 1.37. The lowest BCUT2D eigenvalue weighted by atomic mass is 10.1. The summed E-state index contributed by atoms with van der Waals surface area (Å²) in [5.74, 6) is 0.946. The molecular formula is C21H22N4OS. The van der Waals surface area contributed by atoms with Crippen LogP contribution in [-0.2, 0) is 11.3 Å². The average Bonchev–Trinajstić information content (AvgIpc) is 2.68. The normalized spacial score (nSPS) is 10.4. The Balaban J connectivity index is 1.47. The SMILES string of the molecule is Cc1ccc(NC(=O)CSc2ccc(NCc3ccccc3)nn2)c(C)c1. The summed E-state index contributed by atoms with van der Waals surface area (Å²) in [5, 5.41) is 15.2. The van der Waals surface area contributed by atoms with Crippen molar-refractivity contribution in [3.8, 4) is 0 Å². The Hall–Kier alpha value is -2.86. The molecule has 0 aliphatic heterocycles. The van der Waals surface area contributed by atoms with Gasteiger partial charge in [0.05, 0.1) is 5.75 Å². The largest absolute Gasteiger partial charge is 0.365 e. The highest BCUT2D eigenvalue weighted by Crippen LogP contribution is 2.19. The minimum Gasteiger partial charge on any atom is -0.365 e. The number of amides is 1. The Kier molecular flexibility index (Phi) is 6.44. The van der Waals surface area contributed by atoms with Gasteiger partial charge >= 0.3 is 0 Å². The summed E-state index contributed by atoms with van der Waals surface area (Å²) in [6.45, 7) is 4.72. The first-order chi connectivity index (χ1) is 13.1. The van der Waals surface area contributed by atoms with E-state index in [1.54, 1.807) is 0 Å². The van der Waals surface area contributed by atoms with E-state index in [9.17, 15) is 4.79 Å². The van der Waals surface area contributed by atoms with Gasteiger partial charge in [-0.05, 0) is 43.2 Å². The van der Waals surface area contributed by atoms with Gasteiger partial charge in [0, 0.05) is 12.2 Å². The van der Waals surface area contributed by atoms with Crippen LogP contribution in [0.2, 0.25) is 0 Å². The molecule has 0 radical (unpaired) electrons. The first kappa shape index (κ1) is 18.9. The molecule has 1 heterocycles. The molecule has 0 aliphatic rings. The third kappa shape index (κ3) is 5.82. The van der Waals surface area contributed by atoms with Crippen LogP contribution in [-0.4, -0.2) is 21.9 Å². The van der Waals surface area contributed by atoms with Crippen LogP contribution in [0.4, 0.5) is 11.5 Å². The van der Waals surface area contributed by atoms with E-state index in [4.69, 9.17) is 0 Å². The Bertz CT molecular complexity index is 898. The van der Waals surface area contributed by atoms with E-state index >= 15 is 0 Å². The molecule has 0 saturated carbocycles. The highest BCUT2D eigenvalue weighted by atomic mass is 32.2. The van der Waals surface area contributed by atoms with Crippen molar-refractivity contribution >= 4 is 29.2 Å². The van der Waals surface area contributed by atoms with Crippen molar-refractivity contribution in [1.82, 2.24) is 10.2 Å². The zero-order valence-corrected chi connectivity index (χ0v) is 16.2. The lowest BCUT2D eigenvalue weighted by molar-refractivity contribution is -0.113. The van der Waals surface area contributed by atoms with Gasteiger partial charge in [0.1, 0.15) is 10.8 Å². The molecular weight excluding hydrogens is 356 g/mol. The first-order valence-electron chi connectivity index (χ1n) is 8.71. The number of hydrogen-bond acceptors (Lipinski definition) is 5. The number of carbonyl (C=O) groups is 1. The summed E-state index contributed by atoms with van der Waals surface area (Å²) in [6.07, 6.45) is 0. The Morgan fingerprint density at radius 1 is 1.00 bits per heavy atom. The maximum Gasteiger partial charge on any atom is 0.234 e. The molecule has 0 atom stereocenters. The third-order valence-electron chi connectivity index (χ3n) is 3.96. The standard InChI is InChI=1S/C21H22N4OS/c1-15-8-9-18(16(2)12-15)23-20(26)14-27-21-11-10-19(24-25-21)22-13-17-6-4-3-5-7-17/h3-12H,13-14H2,1-2H3,(H,22,24)(H,23,26). The summed E-state index contributed by atoms with van der Waals surface area (Å²) in [6, 6.07) is 19.8. The van der Waals surface area contributed by atoms with Gasteiger partial charge in [-0.3, -0.25) is 4.79 Å². The number of rotatable bonds is 7. The average molecular weight is 379 g/mol. The molecule has 6 heteroatoms. The topological polar surface area (TPSA) is 66.9 Å². The predicted octanol–water partition coefficient (Wildman–Crippen LogP) is 4.44. The lowest BCUT2D eigenvalue weighted by Crippen LogP contribution is -2.15. The lowest BCUT2D eigenvalue weighted by Gasteiger charge is -2.09. The Labute approximate surface area is 163 Å². The smallest absolute Gasteiger partial charge is 0.234 e. The van der Waals surface area contributed by atoms with Gasteiger partial charge in [-0.1, -0.05) is 59.8 Å². The van der Waals surface area contributed by atoms with E-state index in [1.807, 2.05) is 56.3 Å². The van der Waals surface area contributed by atoms with Crippen LogP contribution >= 0.6 is 11.8 Å². The van der Waals surface area contributed by atoms with Gasteiger partial charge in [0.25, 0.3) is 0 Å². The fourth-order valence-corrected chi connectivity index (χ4v) is 3.17. The van der Waals surface area contributed by atoms with Crippen LogP contribution < -0.4 is 10.6 Å². The molecule has 27 heavy (non-hydrogen) atoms. The van der Waals surface area contributed by atoms with E-state index < -0.39 is 0 Å². The van der Waals surface area contributed by atoms with E-state index in [2.05, 4.69) is 39.0 Å². The van der Waals surface area contributed by atoms with E-state index in [1.165, 1.54) is 22.9 Å². The third-order valence-corrected chi connectivity index (χ3v) is 4.88. The zero-order valence-electron chi connectivity index (χ0n) is 15.4. The van der Waals surface area contributed by atoms with Crippen molar-refractivity contribution in [3.05, 3.63) is 77.4 Å². The van der Waals surface area contributed by atoms with E-state index in [0.717, 1.165) is 16.3 Å². The van der Waals surface area contributed by atoms with Gasteiger partial charge in [0.15, 0.2) is 0 Å². The highest BCUT2D eigenvalue weighted by molar-refractivity contribution is 7.99. The summed E-state index contributed by atoms with van der Waals surface area (Å²) in [4.78, 5) is 12.2. The Morgan fingerprint density at radius 2 is 1.81 bits per heavy atom. The van der Waals surface area contributed by atoms with Gasteiger partial charge < -0.3 is 10.6 Å². The number of thioether (sulfide) groups is 1. The molecule has 3 aromatic rings. The second-order valence-corrected chi connectivity index (χ2v) is 7.25. The zero-order chi connectivity index (χ0) is 19.1. The molecule has 0 unspecified atom stereocenters. The molecule has 3 rings (SSSR count). The van der Waals surface area contributed by atoms with Crippen molar-refractivity contribution in [2.24, 2.45) is 0 Å². The number of benzene rings is 2. The molecule has 138 valence electrons. The number of aromatic nitrogens is 2. The van der Waals surface area contributed by atoms with Crippen LogP contribution in [0.1, 0.15) is 16.7 Å². The van der Waals surface area contributed by atoms with Crippen LogP contribution in [0, 0.1) is 13.8 Å². The molecule has 1 aromatic heterocycles. The summed E-state index contributed by atoms with van der Waals surface area (Å²) < 4.78 is 0. The van der Waals surface area contributed by atoms with E-state index in [0.29, 0.717) is 18.1 Å². The molecule has 0 spiro atoms. The molecule has 0 saturated heterocycles. The van der Waals surface area contributed by atoms with Crippen LogP contribution in [0.3, 0.4) is 0 Å². The minimum atomic E-state index is -0.0555. The number of carbonyl (C=O) groups excluding carboxylic acids is 1. The number of aryl methyl sites for hydroxylation is 2. The van der Waals surface area contributed by atoms with Crippen LogP contribution in [0.25, 0.3) is 0 Å². The molecule has 2 aromatic carbocycles. The number of nitrogens with zero attached hydrogens (tertiary/aromatic N) is 2. The van der Waals surface area contributed by atoms with Crippen molar-refractivity contribution in [1.29, 1.82) is 0 Å². The summed E-state index contributed by atoms with van der Waals surface area (Å²) in [5.41, 5.74) is 4.26. The minimum absolute atomic E-state index is 0.0555. The quantitative estimate of drug-likeness (QED) is 0.595. The van der Waals surface area contributed by atoms with Gasteiger partial charge in [-0.15, -0.1) is 10.2 Å². The van der Waals surface area contributed by atoms with Gasteiger partial charge in [-0.2, -0.15) is 0 Å². The molecule has 0 fully saturated rings. The summed E-state index contributed by atoms with van der Waals surface area (Å²) in [7, 11) is 0.